The van der Waals surface area contributed by atoms with Crippen LogP contribution in [-0.2, 0) is 9.53 Å². The molecule has 0 saturated carbocycles. The number of rotatable bonds is 7. The molecule has 2 amide bonds. The molecule has 2 aromatic rings. The summed E-state index contributed by atoms with van der Waals surface area (Å²) in [5.41, 5.74) is 4.58. The Labute approximate surface area is 165 Å². The van der Waals surface area contributed by atoms with Crippen molar-refractivity contribution in [2.45, 2.75) is 19.9 Å². The topological polar surface area (TPSA) is 84.0 Å². The summed E-state index contributed by atoms with van der Waals surface area (Å²) < 4.78 is 5.13. The molecular formula is C22H26N3O3+. The minimum absolute atomic E-state index is 0.0459. The Morgan fingerprint density at radius 1 is 1.11 bits per heavy atom. The SMILES string of the molecule is CCOC(=O)C1=C(C[NH2+][C@H](c2ccccc2)c2ccc(C)cc2)NC(=O)NC1. The Morgan fingerprint density at radius 2 is 1.79 bits per heavy atom. The van der Waals surface area contributed by atoms with Gasteiger partial charge in [-0.25, -0.2) is 9.59 Å². The zero-order chi connectivity index (χ0) is 19.9. The number of nitrogens with two attached hydrogens (primary N) is 1. The van der Waals surface area contributed by atoms with Crippen LogP contribution in [0.15, 0.2) is 65.9 Å². The molecule has 1 atom stereocenters. The van der Waals surface area contributed by atoms with Crippen molar-refractivity contribution in [1.29, 1.82) is 0 Å². The Balaban J connectivity index is 1.86. The molecule has 0 aliphatic carbocycles. The van der Waals surface area contributed by atoms with Gasteiger partial charge in [-0.1, -0.05) is 60.2 Å². The second kappa shape index (κ2) is 9.19. The number of amides is 2. The molecule has 0 bridgehead atoms. The maximum atomic E-state index is 12.3. The van der Waals surface area contributed by atoms with Crippen LogP contribution in [0.4, 0.5) is 4.79 Å². The van der Waals surface area contributed by atoms with Crippen LogP contribution in [0.5, 0.6) is 0 Å². The fraction of sp³-hybridized carbons (Fsp3) is 0.273. The van der Waals surface area contributed by atoms with Crippen molar-refractivity contribution in [3.8, 4) is 0 Å². The van der Waals surface area contributed by atoms with E-state index < -0.39 is 5.97 Å². The van der Waals surface area contributed by atoms with Crippen LogP contribution in [0.3, 0.4) is 0 Å². The number of nitrogens with one attached hydrogen (secondary N) is 2. The molecule has 2 aromatic carbocycles. The average molecular weight is 380 g/mol. The molecule has 28 heavy (non-hydrogen) atoms. The summed E-state index contributed by atoms with van der Waals surface area (Å²) in [6, 6.07) is 18.3. The van der Waals surface area contributed by atoms with E-state index in [1.807, 2.05) is 18.2 Å². The van der Waals surface area contributed by atoms with Crippen LogP contribution >= 0.6 is 0 Å². The van der Waals surface area contributed by atoms with Crippen LogP contribution < -0.4 is 16.0 Å². The van der Waals surface area contributed by atoms with E-state index in [-0.39, 0.29) is 18.6 Å². The fourth-order valence-corrected chi connectivity index (χ4v) is 3.25. The first-order valence-electron chi connectivity index (χ1n) is 9.47. The molecule has 0 spiro atoms. The highest BCUT2D eigenvalue weighted by Crippen LogP contribution is 2.19. The van der Waals surface area contributed by atoms with Crippen molar-refractivity contribution < 1.29 is 19.6 Å². The summed E-state index contributed by atoms with van der Waals surface area (Å²) in [7, 11) is 0. The van der Waals surface area contributed by atoms with Gasteiger partial charge in [-0.05, 0) is 13.8 Å². The van der Waals surface area contributed by atoms with E-state index in [1.54, 1.807) is 6.92 Å². The van der Waals surface area contributed by atoms with E-state index in [2.05, 4.69) is 59.3 Å². The molecule has 0 aromatic heterocycles. The number of carbonyl (C=O) groups is 2. The van der Waals surface area contributed by atoms with Gasteiger partial charge in [0, 0.05) is 11.1 Å². The predicted octanol–water partition coefficient (Wildman–Crippen LogP) is 1.78. The summed E-state index contributed by atoms with van der Waals surface area (Å²) in [4.78, 5) is 24.1. The monoisotopic (exact) mass is 380 g/mol. The maximum absolute atomic E-state index is 12.3. The largest absolute Gasteiger partial charge is 0.463 e. The van der Waals surface area contributed by atoms with E-state index in [0.29, 0.717) is 24.4 Å². The standard InChI is InChI=1S/C22H25N3O3/c1-3-28-21(26)18-13-24-22(27)25-19(18)14-23-20(16-7-5-4-6-8-16)17-11-9-15(2)10-12-17/h4-12,20,23H,3,13-14H2,1-2H3,(H2,24,25,27)/p+1/t20-/m1/s1. The van der Waals surface area contributed by atoms with Crippen molar-refractivity contribution in [3.63, 3.8) is 0 Å². The highest BCUT2D eigenvalue weighted by atomic mass is 16.5. The van der Waals surface area contributed by atoms with Gasteiger partial charge < -0.3 is 20.7 Å². The Morgan fingerprint density at radius 3 is 2.46 bits per heavy atom. The summed E-state index contributed by atoms with van der Waals surface area (Å²) in [5, 5.41) is 7.53. The van der Waals surface area contributed by atoms with E-state index in [9.17, 15) is 9.59 Å². The lowest BCUT2D eigenvalue weighted by Crippen LogP contribution is -2.86. The van der Waals surface area contributed by atoms with Gasteiger partial charge in [0.15, 0.2) is 0 Å². The summed E-state index contributed by atoms with van der Waals surface area (Å²) in [6.45, 7) is 4.75. The van der Waals surface area contributed by atoms with Gasteiger partial charge in [-0.2, -0.15) is 0 Å². The number of ether oxygens (including phenoxy) is 1. The zero-order valence-electron chi connectivity index (χ0n) is 16.2. The van der Waals surface area contributed by atoms with Gasteiger partial charge in [0.1, 0.15) is 12.6 Å². The van der Waals surface area contributed by atoms with Gasteiger partial charge in [-0.15, -0.1) is 0 Å². The molecule has 6 heteroatoms. The third-order valence-corrected chi connectivity index (χ3v) is 4.73. The van der Waals surface area contributed by atoms with Gasteiger partial charge in [0.05, 0.1) is 24.4 Å². The average Bonchev–Trinajstić information content (AvgIpc) is 2.70. The molecule has 1 aliphatic heterocycles. The molecule has 1 heterocycles. The zero-order valence-corrected chi connectivity index (χ0v) is 16.2. The summed E-state index contributed by atoms with van der Waals surface area (Å²) in [5.74, 6) is -0.398. The molecule has 1 aliphatic rings. The van der Waals surface area contributed by atoms with Crippen LogP contribution in [-0.4, -0.2) is 31.7 Å². The number of hydrogen-bond donors (Lipinski definition) is 3. The molecular weight excluding hydrogens is 354 g/mol. The van der Waals surface area contributed by atoms with E-state index in [1.165, 1.54) is 5.56 Å². The normalized spacial score (nSPS) is 14.9. The highest BCUT2D eigenvalue weighted by Gasteiger charge is 2.26. The van der Waals surface area contributed by atoms with Crippen molar-refractivity contribution in [1.82, 2.24) is 10.6 Å². The lowest BCUT2D eigenvalue weighted by Gasteiger charge is -2.23. The molecule has 0 unspecified atom stereocenters. The van der Waals surface area contributed by atoms with Crippen LogP contribution in [0.25, 0.3) is 0 Å². The molecule has 3 rings (SSSR count). The van der Waals surface area contributed by atoms with Crippen LogP contribution in [0, 0.1) is 6.92 Å². The van der Waals surface area contributed by atoms with Crippen molar-refractivity contribution in [2.75, 3.05) is 19.7 Å². The first kappa shape index (κ1) is 19.6. The summed E-state index contributed by atoms with van der Waals surface area (Å²) >= 11 is 0. The number of urea groups is 1. The van der Waals surface area contributed by atoms with Crippen LogP contribution in [0.2, 0.25) is 0 Å². The number of esters is 1. The van der Waals surface area contributed by atoms with Gasteiger partial charge in [0.2, 0.25) is 0 Å². The molecule has 6 nitrogen and oxygen atoms in total. The molecule has 0 radical (unpaired) electrons. The van der Waals surface area contributed by atoms with Crippen LogP contribution in [0.1, 0.15) is 29.7 Å². The smallest absolute Gasteiger partial charge is 0.337 e. The minimum atomic E-state index is -0.398. The van der Waals surface area contributed by atoms with Crippen molar-refractivity contribution >= 4 is 12.0 Å². The van der Waals surface area contributed by atoms with Gasteiger partial charge >= 0.3 is 12.0 Å². The first-order chi connectivity index (χ1) is 13.6. The second-order valence-electron chi connectivity index (χ2n) is 6.72. The molecule has 0 fully saturated rings. The van der Waals surface area contributed by atoms with Crippen molar-refractivity contribution in [2.24, 2.45) is 0 Å². The molecule has 4 N–H and O–H groups in total. The Bertz CT molecular complexity index is 860. The predicted molar refractivity (Wildman–Crippen MR) is 106 cm³/mol. The Kier molecular flexibility index (Phi) is 6.45. The fourth-order valence-electron chi connectivity index (χ4n) is 3.25. The maximum Gasteiger partial charge on any atom is 0.337 e. The number of hydrogen-bond acceptors (Lipinski definition) is 3. The lowest BCUT2D eigenvalue weighted by molar-refractivity contribution is -0.680. The third-order valence-electron chi connectivity index (χ3n) is 4.73. The second-order valence-corrected chi connectivity index (χ2v) is 6.72. The first-order valence-corrected chi connectivity index (χ1v) is 9.47. The minimum Gasteiger partial charge on any atom is -0.463 e. The van der Waals surface area contributed by atoms with E-state index in [0.717, 1.165) is 11.1 Å². The van der Waals surface area contributed by atoms with E-state index >= 15 is 0 Å². The molecule has 0 saturated heterocycles. The Hall–Kier alpha value is -3.12. The van der Waals surface area contributed by atoms with Gasteiger partial charge in [0.25, 0.3) is 0 Å². The molecule has 146 valence electrons. The van der Waals surface area contributed by atoms with E-state index in [4.69, 9.17) is 4.74 Å². The van der Waals surface area contributed by atoms with Crippen molar-refractivity contribution in [3.05, 3.63) is 82.6 Å². The van der Waals surface area contributed by atoms with Gasteiger partial charge in [-0.3, -0.25) is 0 Å². The summed E-state index contributed by atoms with van der Waals surface area (Å²) in [6.07, 6.45) is 0. The number of quaternary nitrogens is 1. The quantitative estimate of drug-likeness (QED) is 0.640. The highest BCUT2D eigenvalue weighted by molar-refractivity contribution is 5.93. The third kappa shape index (κ3) is 4.78. The number of benzene rings is 2. The lowest BCUT2D eigenvalue weighted by atomic mass is 9.97. The number of carbonyl (C=O) groups excluding carboxylic acids is 2. The number of aryl methyl sites for hydroxylation is 1.